The minimum Gasteiger partial charge on any atom is -0.462 e. The van der Waals surface area contributed by atoms with E-state index in [1.54, 1.807) is 19.1 Å². The highest BCUT2D eigenvalue weighted by Gasteiger charge is 2.35. The number of piperidine rings is 1. The third-order valence-corrected chi connectivity index (χ3v) is 8.91. The Morgan fingerprint density at radius 3 is 2.41 bits per heavy atom. The second kappa shape index (κ2) is 9.51. The van der Waals surface area contributed by atoms with Gasteiger partial charge in [-0.05, 0) is 73.7 Å². The van der Waals surface area contributed by atoms with Gasteiger partial charge in [-0.1, -0.05) is 11.6 Å². The summed E-state index contributed by atoms with van der Waals surface area (Å²) in [7, 11) is -3.63. The molecule has 1 aromatic carbocycles. The lowest BCUT2D eigenvalue weighted by atomic mass is 9.97. The van der Waals surface area contributed by atoms with Gasteiger partial charge in [0, 0.05) is 24.0 Å². The van der Waals surface area contributed by atoms with Gasteiger partial charge in [0.25, 0.3) is 0 Å². The lowest BCUT2D eigenvalue weighted by molar-refractivity contribution is -0.120. The van der Waals surface area contributed by atoms with Crippen LogP contribution in [0.25, 0.3) is 0 Å². The second-order valence-corrected chi connectivity index (χ2v) is 11.3. The van der Waals surface area contributed by atoms with Gasteiger partial charge in [-0.2, -0.15) is 4.31 Å². The molecule has 172 valence electrons. The zero-order chi connectivity index (χ0) is 22.9. The fraction of sp³-hybridized carbons (Fsp3) is 0.455. The van der Waals surface area contributed by atoms with Gasteiger partial charge < -0.3 is 10.1 Å². The van der Waals surface area contributed by atoms with Crippen molar-refractivity contribution in [1.29, 1.82) is 0 Å². The van der Waals surface area contributed by atoms with Crippen LogP contribution in [0.3, 0.4) is 0 Å². The van der Waals surface area contributed by atoms with E-state index in [2.05, 4.69) is 5.32 Å². The van der Waals surface area contributed by atoms with E-state index in [-0.39, 0.29) is 36.4 Å². The lowest BCUT2D eigenvalue weighted by Crippen LogP contribution is -2.41. The van der Waals surface area contributed by atoms with Gasteiger partial charge in [-0.25, -0.2) is 13.2 Å². The quantitative estimate of drug-likeness (QED) is 0.570. The molecule has 0 unspecified atom stereocenters. The Kier molecular flexibility index (Phi) is 6.90. The standard InChI is InChI=1S/C22H25ClN2O5S2/c1-2-30-22(27)19-18(14-3-4-14)13-31-21(19)24-20(26)15-9-11-25(12-10-15)32(28,29)17-7-5-16(23)6-8-17/h5-8,13-15H,2-4,9-12H2,1H3,(H,24,26). The Labute approximate surface area is 196 Å². The Balaban J connectivity index is 1.41. The summed E-state index contributed by atoms with van der Waals surface area (Å²) in [5.74, 6) is -0.566. The average molecular weight is 497 g/mol. The van der Waals surface area contributed by atoms with Crippen LogP contribution in [0.15, 0.2) is 34.5 Å². The first-order valence-corrected chi connectivity index (χ1v) is 13.4. The van der Waals surface area contributed by atoms with Crippen molar-refractivity contribution in [3.8, 4) is 0 Å². The molecule has 4 rings (SSSR count). The molecule has 1 saturated heterocycles. The van der Waals surface area contributed by atoms with E-state index < -0.39 is 16.0 Å². The van der Waals surface area contributed by atoms with Gasteiger partial charge in [-0.15, -0.1) is 11.3 Å². The molecule has 0 radical (unpaired) electrons. The van der Waals surface area contributed by atoms with Crippen LogP contribution in [0.5, 0.6) is 0 Å². The van der Waals surface area contributed by atoms with Crippen LogP contribution >= 0.6 is 22.9 Å². The van der Waals surface area contributed by atoms with Crippen molar-refractivity contribution in [3.63, 3.8) is 0 Å². The summed E-state index contributed by atoms with van der Waals surface area (Å²) in [6.45, 7) is 2.54. The number of benzene rings is 1. The van der Waals surface area contributed by atoms with Gasteiger partial charge in [0.1, 0.15) is 5.00 Å². The molecule has 1 N–H and O–H groups in total. The van der Waals surface area contributed by atoms with Crippen molar-refractivity contribution in [2.45, 2.75) is 43.4 Å². The van der Waals surface area contributed by atoms with E-state index in [4.69, 9.17) is 16.3 Å². The number of halogens is 1. The Bertz CT molecular complexity index is 1100. The molecule has 0 spiro atoms. The average Bonchev–Trinajstić information content (AvgIpc) is 3.54. The summed E-state index contributed by atoms with van der Waals surface area (Å²) in [4.78, 5) is 25.6. The third-order valence-electron chi connectivity index (χ3n) is 5.83. The number of rotatable bonds is 7. The first-order valence-electron chi connectivity index (χ1n) is 10.7. The SMILES string of the molecule is CCOC(=O)c1c(C2CC2)csc1NC(=O)C1CCN(S(=O)(=O)c2ccc(Cl)cc2)CC1. The van der Waals surface area contributed by atoms with E-state index in [9.17, 15) is 18.0 Å². The number of carbonyl (C=O) groups excluding carboxylic acids is 2. The topological polar surface area (TPSA) is 92.8 Å². The molecule has 1 aliphatic carbocycles. The molecule has 32 heavy (non-hydrogen) atoms. The zero-order valence-corrected chi connectivity index (χ0v) is 20.1. The molecule has 1 aliphatic heterocycles. The van der Waals surface area contributed by atoms with Gasteiger partial charge in [-0.3, -0.25) is 4.79 Å². The summed E-state index contributed by atoms with van der Waals surface area (Å²) < 4.78 is 32.3. The van der Waals surface area contributed by atoms with Crippen LogP contribution in [-0.4, -0.2) is 44.3 Å². The molecule has 7 nitrogen and oxygen atoms in total. The summed E-state index contributed by atoms with van der Waals surface area (Å²) >= 11 is 7.20. The molecule has 2 fully saturated rings. The van der Waals surface area contributed by atoms with Crippen LogP contribution in [0.1, 0.15) is 54.4 Å². The van der Waals surface area contributed by atoms with E-state index >= 15 is 0 Å². The maximum atomic E-state index is 12.9. The zero-order valence-electron chi connectivity index (χ0n) is 17.7. The number of thiophene rings is 1. The van der Waals surface area contributed by atoms with Gasteiger partial charge >= 0.3 is 5.97 Å². The lowest BCUT2D eigenvalue weighted by Gasteiger charge is -2.30. The molecule has 0 bridgehead atoms. The summed E-state index contributed by atoms with van der Waals surface area (Å²) in [6.07, 6.45) is 2.90. The summed E-state index contributed by atoms with van der Waals surface area (Å²) in [5.41, 5.74) is 1.42. The fourth-order valence-electron chi connectivity index (χ4n) is 3.90. The minimum atomic E-state index is -3.63. The first kappa shape index (κ1) is 23.2. The van der Waals surface area contributed by atoms with Crippen LogP contribution in [-0.2, 0) is 19.6 Å². The highest BCUT2D eigenvalue weighted by atomic mass is 35.5. The first-order chi connectivity index (χ1) is 15.3. The van der Waals surface area contributed by atoms with Crippen molar-refractivity contribution in [1.82, 2.24) is 4.31 Å². The van der Waals surface area contributed by atoms with Crippen molar-refractivity contribution < 1.29 is 22.7 Å². The summed E-state index contributed by atoms with van der Waals surface area (Å²) in [5, 5.41) is 5.83. The molecular weight excluding hydrogens is 472 g/mol. The van der Waals surface area contributed by atoms with Gasteiger partial charge in [0.05, 0.1) is 17.1 Å². The second-order valence-electron chi connectivity index (χ2n) is 8.01. The Morgan fingerprint density at radius 1 is 1.16 bits per heavy atom. The number of carbonyl (C=O) groups is 2. The van der Waals surface area contributed by atoms with E-state index in [0.717, 1.165) is 18.4 Å². The number of amides is 1. The largest absolute Gasteiger partial charge is 0.462 e. The molecule has 1 amide bonds. The highest BCUT2D eigenvalue weighted by molar-refractivity contribution is 7.89. The van der Waals surface area contributed by atoms with Gasteiger partial charge in [0.2, 0.25) is 15.9 Å². The Hall–Kier alpha value is -1.94. The maximum absolute atomic E-state index is 12.9. The van der Waals surface area contributed by atoms with Crippen LogP contribution in [0.4, 0.5) is 5.00 Å². The highest BCUT2D eigenvalue weighted by Crippen LogP contribution is 2.46. The molecule has 2 aromatic rings. The van der Waals surface area contributed by atoms with Crippen molar-refractivity contribution >= 4 is 49.8 Å². The van der Waals surface area contributed by atoms with Crippen LogP contribution in [0, 0.1) is 5.92 Å². The van der Waals surface area contributed by atoms with E-state index in [1.165, 1.54) is 27.8 Å². The fourth-order valence-corrected chi connectivity index (χ4v) is 6.53. The van der Waals surface area contributed by atoms with E-state index in [0.29, 0.717) is 34.3 Å². The number of anilines is 1. The number of sulfonamides is 1. The third kappa shape index (κ3) is 4.85. The van der Waals surface area contributed by atoms with Crippen molar-refractivity contribution in [3.05, 3.63) is 45.8 Å². The molecule has 1 saturated carbocycles. The molecule has 2 heterocycles. The number of ether oxygens (including phenoxy) is 1. The summed E-state index contributed by atoms with van der Waals surface area (Å²) in [6, 6.07) is 6.07. The monoisotopic (exact) mass is 496 g/mol. The number of nitrogens with one attached hydrogen (secondary N) is 1. The Morgan fingerprint density at radius 2 is 1.81 bits per heavy atom. The van der Waals surface area contributed by atoms with Gasteiger partial charge in [0.15, 0.2) is 0 Å². The maximum Gasteiger partial charge on any atom is 0.341 e. The van der Waals surface area contributed by atoms with Crippen LogP contribution < -0.4 is 5.32 Å². The number of nitrogens with zero attached hydrogens (tertiary/aromatic N) is 1. The number of hydrogen-bond donors (Lipinski definition) is 1. The predicted molar refractivity (Wildman–Crippen MR) is 124 cm³/mol. The molecule has 1 aromatic heterocycles. The van der Waals surface area contributed by atoms with Crippen molar-refractivity contribution in [2.75, 3.05) is 25.0 Å². The molecular formula is C22H25ClN2O5S2. The molecule has 2 aliphatic rings. The smallest absolute Gasteiger partial charge is 0.341 e. The molecule has 10 heteroatoms. The van der Waals surface area contributed by atoms with Crippen molar-refractivity contribution in [2.24, 2.45) is 5.92 Å². The predicted octanol–water partition coefficient (Wildman–Crippen LogP) is 4.50. The van der Waals surface area contributed by atoms with E-state index in [1.807, 2.05) is 5.38 Å². The number of esters is 1. The van der Waals surface area contributed by atoms with Crippen LogP contribution in [0.2, 0.25) is 5.02 Å². The normalized spacial score (nSPS) is 17.8. The molecule has 0 atom stereocenters. The number of hydrogen-bond acceptors (Lipinski definition) is 6. The minimum absolute atomic E-state index is 0.190.